The molecule has 4 aromatic rings. The Morgan fingerprint density at radius 1 is 0.559 bits per heavy atom. The van der Waals surface area contributed by atoms with Gasteiger partial charge >= 0.3 is 0 Å². The molecule has 0 aliphatic carbocycles. The number of carbonyl (C=O) groups excluding carboxylic acids is 6. The molecule has 0 saturated carbocycles. The summed E-state index contributed by atoms with van der Waals surface area (Å²) >= 11 is 0. The van der Waals surface area contributed by atoms with Crippen molar-refractivity contribution in [2.24, 2.45) is 30.7 Å². The number of benzene rings is 4. The van der Waals surface area contributed by atoms with Crippen LogP contribution >= 0.6 is 0 Å². The third-order valence-corrected chi connectivity index (χ3v) is 10.6. The molecular weight excluding hydrogens is 781 g/mol. The van der Waals surface area contributed by atoms with Gasteiger partial charge in [0.1, 0.15) is 12.8 Å². The number of hydrogen-bond donors (Lipinski definition) is 2. The van der Waals surface area contributed by atoms with E-state index in [-0.39, 0.29) is 32.6 Å². The van der Waals surface area contributed by atoms with Crippen molar-refractivity contribution < 1.29 is 37.2 Å². The van der Waals surface area contributed by atoms with E-state index in [0.717, 1.165) is 11.1 Å². The molecule has 0 fully saturated rings. The van der Waals surface area contributed by atoms with Gasteiger partial charge in [-0.25, -0.2) is 8.42 Å². The second kappa shape index (κ2) is 17.4. The number of azo groups is 2. The molecular formula is C40H36N10O8S. The zero-order chi connectivity index (χ0) is 42.4. The predicted molar refractivity (Wildman–Crippen MR) is 214 cm³/mol. The number of hydrazone groups is 2. The molecule has 2 N–H and O–H groups in total. The SMILES string of the molecule is CC1=NN(C(=O)CC(=O)Nc2ccc(C)cc2)C(=O)[C@@H]1N=Nc1ccc(S(=O)(=O)c2ccc(N=N[C@H]3C(=O)N(C(=O)CC(=O)Nc4ccc(C)cc4)N=C3C)cc2)cc1. The smallest absolute Gasteiger partial charge is 0.282 e. The van der Waals surface area contributed by atoms with E-state index in [9.17, 15) is 37.2 Å². The van der Waals surface area contributed by atoms with Gasteiger partial charge in [0.05, 0.1) is 32.6 Å². The van der Waals surface area contributed by atoms with Gasteiger partial charge in [0.2, 0.25) is 21.7 Å². The summed E-state index contributed by atoms with van der Waals surface area (Å²) in [6.07, 6.45) is -1.25. The number of imide groups is 2. The van der Waals surface area contributed by atoms with Crippen molar-refractivity contribution >= 4 is 79.5 Å². The van der Waals surface area contributed by atoms with E-state index in [1.54, 1.807) is 48.5 Å². The number of aryl methyl sites for hydroxylation is 2. The van der Waals surface area contributed by atoms with E-state index < -0.39 is 70.2 Å². The fourth-order valence-electron chi connectivity index (χ4n) is 5.61. The second-order valence-electron chi connectivity index (χ2n) is 13.5. The molecule has 0 saturated heterocycles. The summed E-state index contributed by atoms with van der Waals surface area (Å²) < 4.78 is 26.8. The Balaban J connectivity index is 1.01. The third-order valence-electron chi connectivity index (χ3n) is 8.83. The highest BCUT2D eigenvalue weighted by Crippen LogP contribution is 2.27. The van der Waals surface area contributed by atoms with Gasteiger partial charge in [0, 0.05) is 11.4 Å². The van der Waals surface area contributed by atoms with Crippen molar-refractivity contribution in [2.75, 3.05) is 10.6 Å². The van der Waals surface area contributed by atoms with Crippen LogP contribution in [-0.2, 0) is 38.6 Å². The molecule has 2 aliphatic rings. The summed E-state index contributed by atoms with van der Waals surface area (Å²) in [4.78, 5) is 76.0. The Hall–Kier alpha value is -7.41. The van der Waals surface area contributed by atoms with Crippen LogP contribution in [0.15, 0.2) is 138 Å². The lowest BCUT2D eigenvalue weighted by atomic mass is 10.2. The Labute approximate surface area is 337 Å². The van der Waals surface area contributed by atoms with Gasteiger partial charge in [-0.1, -0.05) is 35.4 Å². The molecule has 300 valence electrons. The lowest BCUT2D eigenvalue weighted by molar-refractivity contribution is -0.146. The fourth-order valence-corrected chi connectivity index (χ4v) is 6.87. The Kier molecular flexibility index (Phi) is 12.2. The van der Waals surface area contributed by atoms with Crippen LogP contribution in [0.2, 0.25) is 0 Å². The van der Waals surface area contributed by atoms with Gasteiger partial charge in [0.25, 0.3) is 23.6 Å². The monoisotopic (exact) mass is 816 g/mol. The lowest BCUT2D eigenvalue weighted by Crippen LogP contribution is -2.36. The molecule has 18 nitrogen and oxygen atoms in total. The maximum Gasteiger partial charge on any atom is 0.282 e. The first kappa shape index (κ1) is 41.2. The van der Waals surface area contributed by atoms with Gasteiger partial charge in [-0.15, -0.1) is 0 Å². The van der Waals surface area contributed by atoms with E-state index in [0.29, 0.717) is 21.4 Å². The minimum atomic E-state index is -4.01. The maximum atomic E-state index is 13.4. The van der Waals surface area contributed by atoms with Crippen molar-refractivity contribution in [3.63, 3.8) is 0 Å². The van der Waals surface area contributed by atoms with E-state index in [1.165, 1.54) is 62.4 Å². The van der Waals surface area contributed by atoms with Gasteiger partial charge in [-0.05, 0) is 100 Å². The summed E-state index contributed by atoms with van der Waals surface area (Å²) in [5, 5.41) is 30.4. The van der Waals surface area contributed by atoms with Crippen LogP contribution in [0.3, 0.4) is 0 Å². The number of nitrogens with zero attached hydrogens (tertiary/aromatic N) is 8. The molecule has 6 rings (SSSR count). The van der Waals surface area contributed by atoms with Gasteiger partial charge in [-0.2, -0.15) is 40.7 Å². The topological polar surface area (TPSA) is 241 Å². The average molecular weight is 817 g/mol. The third kappa shape index (κ3) is 9.77. The van der Waals surface area contributed by atoms with Crippen molar-refractivity contribution in [1.82, 2.24) is 10.0 Å². The first-order chi connectivity index (χ1) is 28.1. The minimum absolute atomic E-state index is 0.0677. The van der Waals surface area contributed by atoms with Crippen LogP contribution in [0, 0.1) is 13.8 Å². The lowest BCUT2D eigenvalue weighted by Gasteiger charge is -2.11. The molecule has 0 spiro atoms. The minimum Gasteiger partial charge on any atom is -0.326 e. The summed E-state index contributed by atoms with van der Waals surface area (Å²) in [6, 6.07) is 22.3. The molecule has 0 bridgehead atoms. The Morgan fingerprint density at radius 3 is 1.24 bits per heavy atom. The van der Waals surface area contributed by atoms with E-state index in [1.807, 2.05) is 13.8 Å². The number of sulfone groups is 1. The zero-order valence-electron chi connectivity index (χ0n) is 32.1. The van der Waals surface area contributed by atoms with Crippen LogP contribution in [-0.4, -0.2) is 77.4 Å². The fraction of sp³-hybridized carbons (Fsp3) is 0.200. The molecule has 0 unspecified atom stereocenters. The van der Waals surface area contributed by atoms with Gasteiger partial charge < -0.3 is 10.6 Å². The van der Waals surface area contributed by atoms with E-state index >= 15 is 0 Å². The number of anilines is 2. The first-order valence-electron chi connectivity index (χ1n) is 17.9. The van der Waals surface area contributed by atoms with Crippen LogP contribution < -0.4 is 10.6 Å². The van der Waals surface area contributed by atoms with Crippen LogP contribution in [0.1, 0.15) is 37.8 Å². The number of rotatable bonds is 12. The van der Waals surface area contributed by atoms with Crippen molar-refractivity contribution in [2.45, 2.75) is 62.4 Å². The van der Waals surface area contributed by atoms with Gasteiger partial charge in [-0.3, -0.25) is 28.8 Å². The number of amides is 6. The molecule has 0 radical (unpaired) electrons. The highest BCUT2D eigenvalue weighted by atomic mass is 32.2. The van der Waals surface area contributed by atoms with Crippen molar-refractivity contribution in [3.8, 4) is 0 Å². The van der Waals surface area contributed by atoms with E-state index in [4.69, 9.17) is 0 Å². The highest BCUT2D eigenvalue weighted by Gasteiger charge is 2.39. The molecule has 2 aliphatic heterocycles. The van der Waals surface area contributed by atoms with Crippen molar-refractivity contribution in [3.05, 3.63) is 108 Å². The molecule has 2 atom stereocenters. The second-order valence-corrected chi connectivity index (χ2v) is 15.4. The summed E-state index contributed by atoms with van der Waals surface area (Å²) in [7, 11) is -4.01. The molecule has 4 aromatic carbocycles. The van der Waals surface area contributed by atoms with Crippen molar-refractivity contribution in [1.29, 1.82) is 0 Å². The van der Waals surface area contributed by atoms with Crippen LogP contribution in [0.5, 0.6) is 0 Å². The molecule has 0 aromatic heterocycles. The quantitative estimate of drug-likeness (QED) is 0.135. The predicted octanol–water partition coefficient (Wildman–Crippen LogP) is 5.59. The summed E-state index contributed by atoms with van der Waals surface area (Å²) in [6.45, 7) is 6.76. The largest absolute Gasteiger partial charge is 0.326 e. The normalized spacial score (nSPS) is 16.7. The number of carbonyl (C=O) groups is 6. The molecule has 6 amide bonds. The summed E-state index contributed by atoms with van der Waals surface area (Å²) in [5.41, 5.74) is 3.78. The molecule has 19 heteroatoms. The number of hydrogen-bond acceptors (Lipinski definition) is 14. The number of nitrogens with one attached hydrogen (secondary N) is 2. The summed E-state index contributed by atoms with van der Waals surface area (Å²) in [5.74, 6) is -4.49. The molecule has 59 heavy (non-hydrogen) atoms. The van der Waals surface area contributed by atoms with Crippen LogP contribution in [0.4, 0.5) is 22.7 Å². The van der Waals surface area contributed by atoms with Gasteiger partial charge in [0.15, 0.2) is 12.1 Å². The highest BCUT2D eigenvalue weighted by molar-refractivity contribution is 7.91. The Morgan fingerprint density at radius 2 is 0.898 bits per heavy atom. The van der Waals surface area contributed by atoms with E-state index in [2.05, 4.69) is 41.3 Å². The zero-order valence-corrected chi connectivity index (χ0v) is 32.9. The standard InChI is InChI=1S/C40H36N10O8S/c1-23-5-9-27(10-6-23)41-33(51)21-35(53)49-39(55)37(25(3)47-49)45-43-29-13-17-31(18-14-29)59(57,58)32-19-15-30(16-20-32)44-46-38-26(4)48-50(40(38)56)36(54)22-34(52)42-28-11-7-24(2)8-12-28/h5-20,37-38H,21-22H2,1-4H3,(H,41,51)(H,42,52)/t37-,38-/m1/s1. The first-order valence-corrected chi connectivity index (χ1v) is 19.4. The molecule has 2 heterocycles. The Bertz CT molecular complexity index is 2400. The van der Waals surface area contributed by atoms with Crippen LogP contribution in [0.25, 0.3) is 0 Å². The average Bonchev–Trinajstić information content (AvgIpc) is 3.66. The maximum absolute atomic E-state index is 13.4.